The molecule has 2 aliphatic rings. The van der Waals surface area contributed by atoms with Crippen LogP contribution in [0.5, 0.6) is 5.75 Å². The molecular formula is C21H26O5. The van der Waals surface area contributed by atoms with Gasteiger partial charge < -0.3 is 19.3 Å². The summed E-state index contributed by atoms with van der Waals surface area (Å²) in [6.45, 7) is 5.99. The molecule has 1 aliphatic carbocycles. The maximum atomic E-state index is 12.3. The van der Waals surface area contributed by atoms with E-state index in [1.165, 1.54) is 0 Å². The van der Waals surface area contributed by atoms with Gasteiger partial charge >= 0.3 is 0 Å². The summed E-state index contributed by atoms with van der Waals surface area (Å²) < 4.78 is 17.0. The Bertz CT molecular complexity index is 723. The monoisotopic (exact) mass is 358 g/mol. The average Bonchev–Trinajstić information content (AvgIpc) is 3.06. The summed E-state index contributed by atoms with van der Waals surface area (Å²) in [4.78, 5) is 12.3. The largest absolute Gasteiger partial charge is 0.496 e. The molecule has 1 unspecified atom stereocenters. The summed E-state index contributed by atoms with van der Waals surface area (Å²) in [5, 5.41) is 9.55. The van der Waals surface area contributed by atoms with Crippen molar-refractivity contribution in [3.8, 4) is 5.75 Å². The number of allylic oxidation sites excluding steroid dienone is 2. The van der Waals surface area contributed by atoms with Crippen LogP contribution < -0.4 is 4.74 Å². The van der Waals surface area contributed by atoms with Crippen LogP contribution in [-0.4, -0.2) is 30.4 Å². The van der Waals surface area contributed by atoms with Gasteiger partial charge in [0.1, 0.15) is 17.1 Å². The zero-order valence-corrected chi connectivity index (χ0v) is 15.4. The van der Waals surface area contributed by atoms with Gasteiger partial charge in [-0.15, -0.1) is 6.58 Å². The molecule has 1 aliphatic heterocycles. The average molecular weight is 358 g/mol. The fourth-order valence-electron chi connectivity index (χ4n) is 4.02. The normalized spacial score (nSPS) is 25.9. The highest BCUT2D eigenvalue weighted by molar-refractivity contribution is 5.93. The van der Waals surface area contributed by atoms with E-state index in [2.05, 4.69) is 13.5 Å². The van der Waals surface area contributed by atoms with E-state index in [1.807, 2.05) is 18.2 Å². The lowest BCUT2D eigenvalue weighted by atomic mass is 9.71. The molecule has 0 saturated carbocycles. The van der Waals surface area contributed by atoms with Gasteiger partial charge in [-0.25, -0.2) is 0 Å². The van der Waals surface area contributed by atoms with Gasteiger partial charge in [0.25, 0.3) is 0 Å². The van der Waals surface area contributed by atoms with Gasteiger partial charge in [-0.2, -0.15) is 0 Å². The first-order chi connectivity index (χ1) is 12.5. The fourth-order valence-corrected chi connectivity index (χ4v) is 4.02. The number of aliphatic hydroxyl groups is 1. The molecule has 3 atom stereocenters. The van der Waals surface area contributed by atoms with Gasteiger partial charge in [-0.1, -0.05) is 19.1 Å². The number of rotatable bonds is 7. The lowest BCUT2D eigenvalue weighted by Crippen LogP contribution is -2.44. The molecule has 0 amide bonds. The van der Waals surface area contributed by atoms with Crippen molar-refractivity contribution in [1.29, 1.82) is 0 Å². The van der Waals surface area contributed by atoms with Crippen molar-refractivity contribution in [1.82, 2.24) is 0 Å². The number of hydrogen-bond donors (Lipinski definition) is 1. The Kier molecular flexibility index (Phi) is 5.49. The van der Waals surface area contributed by atoms with Crippen LogP contribution in [0.25, 0.3) is 0 Å². The van der Waals surface area contributed by atoms with E-state index in [4.69, 9.17) is 14.2 Å². The minimum atomic E-state index is -0.582. The molecule has 1 fully saturated rings. The van der Waals surface area contributed by atoms with E-state index in [0.717, 1.165) is 17.5 Å². The van der Waals surface area contributed by atoms with E-state index in [0.29, 0.717) is 24.4 Å². The predicted octanol–water partition coefficient (Wildman–Crippen LogP) is 3.16. The minimum absolute atomic E-state index is 0.0722. The molecular weight excluding hydrogens is 332 g/mol. The number of benzene rings is 1. The van der Waals surface area contributed by atoms with Crippen molar-refractivity contribution in [2.24, 2.45) is 11.8 Å². The van der Waals surface area contributed by atoms with E-state index < -0.39 is 5.60 Å². The summed E-state index contributed by atoms with van der Waals surface area (Å²) >= 11 is 0. The maximum absolute atomic E-state index is 12.3. The van der Waals surface area contributed by atoms with Crippen LogP contribution in [-0.2, 0) is 27.3 Å². The number of methoxy groups -OCH3 is 1. The standard InChI is InChI=1S/C21H26O5/c1-4-5-16-11-21(20(10-18(16)23)25-13-26-21)14(2)8-15-6-7-19(24-3)17(9-15)12-22/h4,6-7,9-10,14,16,22H,1,5,8,11-13H2,2-3H3/t14?,16-,21+/m0/s1. The first kappa shape index (κ1) is 18.7. The third kappa shape index (κ3) is 3.29. The molecule has 140 valence electrons. The summed E-state index contributed by atoms with van der Waals surface area (Å²) in [6.07, 6.45) is 5.37. The molecule has 0 radical (unpaired) electrons. The number of fused-ring (bicyclic) bond motifs is 1. The van der Waals surface area contributed by atoms with E-state index >= 15 is 0 Å². The van der Waals surface area contributed by atoms with Crippen LogP contribution in [0, 0.1) is 11.8 Å². The second kappa shape index (κ2) is 7.64. The second-order valence-electron chi connectivity index (χ2n) is 7.04. The summed E-state index contributed by atoms with van der Waals surface area (Å²) in [5.74, 6) is 1.39. The van der Waals surface area contributed by atoms with Crippen molar-refractivity contribution < 1.29 is 24.1 Å². The van der Waals surface area contributed by atoms with Gasteiger partial charge in [0.2, 0.25) is 0 Å². The molecule has 1 heterocycles. The zero-order valence-electron chi connectivity index (χ0n) is 15.4. The third-order valence-electron chi connectivity index (χ3n) is 5.48. The molecule has 3 rings (SSSR count). The minimum Gasteiger partial charge on any atom is -0.496 e. The zero-order chi connectivity index (χ0) is 18.7. The van der Waals surface area contributed by atoms with Crippen molar-refractivity contribution in [3.05, 3.63) is 53.8 Å². The van der Waals surface area contributed by atoms with Crippen molar-refractivity contribution in [2.75, 3.05) is 13.9 Å². The van der Waals surface area contributed by atoms with Gasteiger partial charge in [-0.3, -0.25) is 4.79 Å². The van der Waals surface area contributed by atoms with Crippen molar-refractivity contribution in [3.63, 3.8) is 0 Å². The van der Waals surface area contributed by atoms with E-state index in [9.17, 15) is 9.90 Å². The Labute approximate surface area is 154 Å². The second-order valence-corrected chi connectivity index (χ2v) is 7.04. The van der Waals surface area contributed by atoms with Crippen LogP contribution in [0.1, 0.15) is 30.9 Å². The highest BCUT2D eigenvalue weighted by atomic mass is 16.7. The molecule has 0 aromatic heterocycles. The summed E-state index contributed by atoms with van der Waals surface area (Å²) in [6, 6.07) is 5.83. The van der Waals surface area contributed by atoms with Gasteiger partial charge in [0, 0.05) is 17.6 Å². The fraction of sp³-hybridized carbons (Fsp3) is 0.476. The molecule has 0 bridgehead atoms. The number of aliphatic hydroxyl groups excluding tert-OH is 1. The van der Waals surface area contributed by atoms with Crippen LogP contribution >= 0.6 is 0 Å². The smallest absolute Gasteiger partial charge is 0.189 e. The van der Waals surface area contributed by atoms with Crippen molar-refractivity contribution >= 4 is 5.78 Å². The number of ether oxygens (including phenoxy) is 3. The Hall–Kier alpha value is -2.11. The molecule has 1 aromatic rings. The first-order valence-corrected chi connectivity index (χ1v) is 8.94. The lowest BCUT2D eigenvalue weighted by molar-refractivity contribution is -0.123. The Morgan fingerprint density at radius 1 is 1.50 bits per heavy atom. The predicted molar refractivity (Wildman–Crippen MR) is 97.6 cm³/mol. The Morgan fingerprint density at radius 3 is 3.00 bits per heavy atom. The molecule has 1 saturated heterocycles. The number of ketones is 1. The molecule has 26 heavy (non-hydrogen) atoms. The number of hydrogen-bond acceptors (Lipinski definition) is 5. The third-order valence-corrected chi connectivity index (χ3v) is 5.48. The van der Waals surface area contributed by atoms with Gasteiger partial charge in [-0.05, 0) is 42.9 Å². The molecule has 0 spiro atoms. The number of carbonyl (C=O) groups excluding carboxylic acids is 1. The highest BCUT2D eigenvalue weighted by Gasteiger charge is 2.51. The van der Waals surface area contributed by atoms with Crippen LogP contribution in [0.15, 0.2) is 42.7 Å². The molecule has 5 heteroatoms. The molecule has 1 aromatic carbocycles. The van der Waals surface area contributed by atoms with E-state index in [1.54, 1.807) is 19.3 Å². The first-order valence-electron chi connectivity index (χ1n) is 8.94. The highest BCUT2D eigenvalue weighted by Crippen LogP contribution is 2.46. The van der Waals surface area contributed by atoms with Gasteiger partial charge in [0.15, 0.2) is 12.6 Å². The summed E-state index contributed by atoms with van der Waals surface area (Å²) in [5.41, 5.74) is 1.27. The maximum Gasteiger partial charge on any atom is 0.189 e. The lowest BCUT2D eigenvalue weighted by Gasteiger charge is -2.38. The summed E-state index contributed by atoms with van der Waals surface area (Å²) in [7, 11) is 1.59. The Balaban J connectivity index is 1.86. The molecule has 1 N–H and O–H groups in total. The molecule has 5 nitrogen and oxygen atoms in total. The van der Waals surface area contributed by atoms with Gasteiger partial charge in [0.05, 0.1) is 13.7 Å². The van der Waals surface area contributed by atoms with E-state index in [-0.39, 0.29) is 31.0 Å². The SMILES string of the molecule is C=CC[C@H]1C[C@]2(C(C)Cc3ccc(OC)c(CO)c3)OCOC2=CC1=O. The number of carbonyl (C=O) groups is 1. The van der Waals surface area contributed by atoms with Crippen LogP contribution in [0.4, 0.5) is 0 Å². The van der Waals surface area contributed by atoms with Crippen LogP contribution in [0.2, 0.25) is 0 Å². The topological polar surface area (TPSA) is 65.0 Å². The Morgan fingerprint density at radius 2 is 2.31 bits per heavy atom. The van der Waals surface area contributed by atoms with Crippen LogP contribution in [0.3, 0.4) is 0 Å². The quantitative estimate of drug-likeness (QED) is 0.759. The van der Waals surface area contributed by atoms with Crippen molar-refractivity contribution in [2.45, 2.75) is 38.4 Å².